The van der Waals surface area contributed by atoms with Crippen LogP contribution in [0, 0.1) is 5.41 Å². The molecule has 0 bridgehead atoms. The molecule has 0 saturated carbocycles. The molecule has 2 aliphatic rings. The van der Waals surface area contributed by atoms with Crippen LogP contribution in [0.2, 0.25) is 0 Å². The van der Waals surface area contributed by atoms with Crippen LogP contribution < -0.4 is 5.32 Å². The van der Waals surface area contributed by atoms with E-state index in [2.05, 4.69) is 24.1 Å². The van der Waals surface area contributed by atoms with Crippen LogP contribution in [0.4, 0.5) is 0 Å². The Labute approximate surface area is 105 Å². The van der Waals surface area contributed by atoms with E-state index >= 15 is 0 Å². The van der Waals surface area contributed by atoms with E-state index in [0.717, 1.165) is 19.6 Å². The van der Waals surface area contributed by atoms with Crippen molar-refractivity contribution in [2.24, 2.45) is 5.41 Å². The number of carbonyl (C=O) groups is 1. The zero-order chi connectivity index (χ0) is 12.3. The van der Waals surface area contributed by atoms with Crippen molar-refractivity contribution in [2.45, 2.75) is 58.4 Å². The summed E-state index contributed by atoms with van der Waals surface area (Å²) in [5, 5.41) is 3.41. The van der Waals surface area contributed by atoms with Gasteiger partial charge in [0.15, 0.2) is 0 Å². The van der Waals surface area contributed by atoms with Gasteiger partial charge < -0.3 is 10.2 Å². The van der Waals surface area contributed by atoms with Gasteiger partial charge in [0, 0.05) is 25.6 Å². The molecule has 2 aliphatic heterocycles. The fourth-order valence-electron chi connectivity index (χ4n) is 3.25. The van der Waals surface area contributed by atoms with Crippen LogP contribution in [0.25, 0.3) is 0 Å². The molecule has 3 heteroatoms. The lowest BCUT2D eigenvalue weighted by Crippen LogP contribution is -2.36. The summed E-state index contributed by atoms with van der Waals surface area (Å²) in [6.07, 6.45) is 6.72. The molecule has 0 aromatic carbocycles. The lowest BCUT2D eigenvalue weighted by atomic mass is 9.82. The predicted octanol–water partition coefficient (Wildman–Crippen LogP) is 2.17. The minimum Gasteiger partial charge on any atom is -0.342 e. The third kappa shape index (κ3) is 2.82. The number of hydrogen-bond acceptors (Lipinski definition) is 2. The maximum Gasteiger partial charge on any atom is 0.224 e. The summed E-state index contributed by atoms with van der Waals surface area (Å²) >= 11 is 0. The molecule has 0 aliphatic carbocycles. The Morgan fingerprint density at radius 3 is 2.71 bits per heavy atom. The van der Waals surface area contributed by atoms with Crippen LogP contribution in [0.5, 0.6) is 0 Å². The quantitative estimate of drug-likeness (QED) is 0.814. The summed E-state index contributed by atoms with van der Waals surface area (Å²) in [7, 11) is 0. The van der Waals surface area contributed by atoms with E-state index in [0.29, 0.717) is 23.8 Å². The van der Waals surface area contributed by atoms with Gasteiger partial charge in [-0.2, -0.15) is 0 Å². The van der Waals surface area contributed by atoms with Crippen molar-refractivity contribution in [3.05, 3.63) is 0 Å². The highest BCUT2D eigenvalue weighted by Crippen LogP contribution is 2.37. The van der Waals surface area contributed by atoms with Gasteiger partial charge in [-0.05, 0) is 44.1 Å². The van der Waals surface area contributed by atoms with Gasteiger partial charge in [-0.1, -0.05) is 13.8 Å². The molecule has 2 fully saturated rings. The summed E-state index contributed by atoms with van der Waals surface area (Å²) in [5.41, 5.74) is 0.415. The van der Waals surface area contributed by atoms with E-state index in [9.17, 15) is 4.79 Å². The highest BCUT2D eigenvalue weighted by molar-refractivity contribution is 5.77. The van der Waals surface area contributed by atoms with Crippen molar-refractivity contribution < 1.29 is 4.79 Å². The van der Waals surface area contributed by atoms with Crippen LogP contribution in [0.3, 0.4) is 0 Å². The van der Waals surface area contributed by atoms with E-state index in [1.54, 1.807) is 0 Å². The monoisotopic (exact) mass is 238 g/mol. The summed E-state index contributed by atoms with van der Waals surface area (Å²) in [6, 6.07) is 0.445. The molecule has 3 nitrogen and oxygen atoms in total. The molecular weight excluding hydrogens is 212 g/mol. The largest absolute Gasteiger partial charge is 0.342 e. The zero-order valence-corrected chi connectivity index (χ0v) is 11.3. The topological polar surface area (TPSA) is 32.3 Å². The molecule has 2 heterocycles. The van der Waals surface area contributed by atoms with Crippen molar-refractivity contribution in [1.29, 1.82) is 0 Å². The SMILES string of the molecule is CCC1(CC)CCN(C(=O)CC2CCCN2)C1. The second-order valence-corrected chi connectivity index (χ2v) is 5.77. The number of nitrogens with one attached hydrogen (secondary N) is 1. The number of likely N-dealkylation sites (tertiary alicyclic amines) is 1. The van der Waals surface area contributed by atoms with E-state index in [-0.39, 0.29) is 0 Å². The van der Waals surface area contributed by atoms with Gasteiger partial charge >= 0.3 is 0 Å². The molecule has 1 N–H and O–H groups in total. The van der Waals surface area contributed by atoms with Gasteiger partial charge in [-0.3, -0.25) is 4.79 Å². The van der Waals surface area contributed by atoms with Crippen LogP contribution in [-0.4, -0.2) is 36.5 Å². The second kappa shape index (κ2) is 5.38. The average Bonchev–Trinajstić information content (AvgIpc) is 2.97. The first-order valence-electron chi connectivity index (χ1n) is 7.20. The smallest absolute Gasteiger partial charge is 0.224 e. The van der Waals surface area contributed by atoms with Crippen molar-refractivity contribution in [2.75, 3.05) is 19.6 Å². The molecule has 17 heavy (non-hydrogen) atoms. The van der Waals surface area contributed by atoms with E-state index in [1.807, 2.05) is 0 Å². The summed E-state index contributed by atoms with van der Waals surface area (Å²) in [5.74, 6) is 0.369. The van der Waals surface area contributed by atoms with Gasteiger partial charge in [-0.25, -0.2) is 0 Å². The summed E-state index contributed by atoms with van der Waals surface area (Å²) in [4.78, 5) is 14.3. The first kappa shape index (κ1) is 12.9. The van der Waals surface area contributed by atoms with Crippen LogP contribution in [0.1, 0.15) is 52.4 Å². The molecule has 0 aromatic rings. The normalized spacial score (nSPS) is 27.6. The number of rotatable bonds is 4. The number of nitrogens with zero attached hydrogens (tertiary/aromatic N) is 1. The van der Waals surface area contributed by atoms with Crippen LogP contribution >= 0.6 is 0 Å². The summed E-state index contributed by atoms with van der Waals surface area (Å²) < 4.78 is 0. The Bertz CT molecular complexity index is 267. The molecule has 1 amide bonds. The van der Waals surface area contributed by atoms with E-state index in [4.69, 9.17) is 0 Å². The minimum absolute atomic E-state index is 0.369. The minimum atomic E-state index is 0.369. The van der Waals surface area contributed by atoms with Gasteiger partial charge in [0.2, 0.25) is 5.91 Å². The van der Waals surface area contributed by atoms with Crippen molar-refractivity contribution in [3.63, 3.8) is 0 Å². The third-order valence-electron chi connectivity index (χ3n) is 4.87. The molecule has 1 unspecified atom stereocenters. The predicted molar refractivity (Wildman–Crippen MR) is 69.9 cm³/mol. The Kier molecular flexibility index (Phi) is 4.08. The Hall–Kier alpha value is -0.570. The molecule has 2 saturated heterocycles. The third-order valence-corrected chi connectivity index (χ3v) is 4.87. The molecule has 98 valence electrons. The fourth-order valence-corrected chi connectivity index (χ4v) is 3.25. The molecule has 0 aromatic heterocycles. The van der Waals surface area contributed by atoms with Crippen molar-refractivity contribution in [1.82, 2.24) is 10.2 Å². The Morgan fingerprint density at radius 1 is 1.41 bits per heavy atom. The zero-order valence-electron chi connectivity index (χ0n) is 11.3. The van der Waals surface area contributed by atoms with Crippen molar-refractivity contribution in [3.8, 4) is 0 Å². The van der Waals surface area contributed by atoms with Crippen LogP contribution in [0.15, 0.2) is 0 Å². The highest BCUT2D eigenvalue weighted by atomic mass is 16.2. The lowest BCUT2D eigenvalue weighted by molar-refractivity contribution is -0.131. The number of carbonyl (C=O) groups excluding carboxylic acids is 1. The molecule has 0 spiro atoms. The van der Waals surface area contributed by atoms with E-state index < -0.39 is 0 Å². The number of hydrogen-bond donors (Lipinski definition) is 1. The van der Waals surface area contributed by atoms with Gasteiger partial charge in [0.05, 0.1) is 0 Å². The standard InChI is InChI=1S/C14H26N2O/c1-3-14(4-2)7-9-16(11-14)13(17)10-12-6-5-8-15-12/h12,15H,3-11H2,1-2H3. The van der Waals surface area contributed by atoms with Gasteiger partial charge in [-0.15, -0.1) is 0 Å². The molecule has 1 atom stereocenters. The lowest BCUT2D eigenvalue weighted by Gasteiger charge is -2.26. The van der Waals surface area contributed by atoms with E-state index in [1.165, 1.54) is 32.1 Å². The molecule has 2 rings (SSSR count). The maximum absolute atomic E-state index is 12.2. The van der Waals surface area contributed by atoms with Gasteiger partial charge in [0.25, 0.3) is 0 Å². The Balaban J connectivity index is 1.84. The molecular formula is C14H26N2O. The van der Waals surface area contributed by atoms with Gasteiger partial charge in [0.1, 0.15) is 0 Å². The Morgan fingerprint density at radius 2 is 2.18 bits per heavy atom. The number of amides is 1. The second-order valence-electron chi connectivity index (χ2n) is 5.77. The first-order chi connectivity index (χ1) is 8.19. The van der Waals surface area contributed by atoms with Crippen LogP contribution in [-0.2, 0) is 4.79 Å². The maximum atomic E-state index is 12.2. The molecule has 0 radical (unpaired) electrons. The summed E-state index contributed by atoms with van der Waals surface area (Å²) in [6.45, 7) is 7.58. The highest BCUT2D eigenvalue weighted by Gasteiger charge is 2.37. The fraction of sp³-hybridized carbons (Fsp3) is 0.929. The van der Waals surface area contributed by atoms with Crippen molar-refractivity contribution >= 4 is 5.91 Å². The average molecular weight is 238 g/mol. The first-order valence-corrected chi connectivity index (χ1v) is 7.20.